The van der Waals surface area contributed by atoms with Crippen molar-refractivity contribution in [2.75, 3.05) is 32.8 Å². The molecule has 0 heterocycles. The van der Waals surface area contributed by atoms with Crippen LogP contribution >= 0.6 is 0 Å². The van der Waals surface area contributed by atoms with E-state index < -0.39 is 25.2 Å². The highest BCUT2D eigenvalue weighted by Gasteiger charge is 2.43. The van der Waals surface area contributed by atoms with Gasteiger partial charge in [0.1, 0.15) is 12.6 Å². The van der Waals surface area contributed by atoms with Gasteiger partial charge in [-0.15, -0.1) is 0 Å². The molecule has 1 N–H and O–H groups in total. The molecule has 7 heteroatoms. The van der Waals surface area contributed by atoms with Gasteiger partial charge in [-0.2, -0.15) is 8.78 Å². The number of quaternary nitrogens is 1. The molecular weight excluding hydrogens is 254 g/mol. The van der Waals surface area contributed by atoms with Crippen LogP contribution in [-0.4, -0.2) is 61.0 Å². The molecule has 0 fully saturated rings. The second-order valence-corrected chi connectivity index (χ2v) is 4.30. The zero-order chi connectivity index (χ0) is 14.4. The Morgan fingerprint density at radius 1 is 1.11 bits per heavy atom. The number of aliphatic hydroxyl groups is 1. The molecule has 110 valence electrons. The molecule has 0 aliphatic rings. The molecule has 0 saturated heterocycles. The Morgan fingerprint density at radius 2 is 1.56 bits per heavy atom. The Morgan fingerprint density at radius 3 is 1.89 bits per heavy atom. The number of halogens is 4. The summed E-state index contributed by atoms with van der Waals surface area (Å²) in [6, 6.07) is 0. The van der Waals surface area contributed by atoms with Gasteiger partial charge in [0.25, 0.3) is 0 Å². The minimum Gasteiger partial charge on any atom is -0.385 e. The fourth-order valence-corrected chi connectivity index (χ4v) is 1.83. The third-order valence-electron chi connectivity index (χ3n) is 3.33. The number of aliphatic hydroxyl groups excluding tert-OH is 1. The average molecular weight is 276 g/mol. The highest BCUT2D eigenvalue weighted by atomic mass is 19.3. The zero-order valence-electron chi connectivity index (χ0n) is 11.0. The highest BCUT2D eigenvalue weighted by molar-refractivity contribution is 4.60. The van der Waals surface area contributed by atoms with E-state index >= 15 is 0 Å². The van der Waals surface area contributed by atoms with E-state index in [4.69, 9.17) is 0 Å². The molecule has 0 aromatic carbocycles. The molecule has 0 radical (unpaired) electrons. The van der Waals surface area contributed by atoms with Crippen molar-refractivity contribution in [3.05, 3.63) is 0 Å². The molecule has 0 aromatic heterocycles. The van der Waals surface area contributed by atoms with Gasteiger partial charge in [0.05, 0.1) is 26.2 Å². The van der Waals surface area contributed by atoms with Gasteiger partial charge < -0.3 is 14.3 Å². The Hall–Kier alpha value is -0.400. The summed E-state index contributed by atoms with van der Waals surface area (Å²) in [5.74, 6) is 0. The van der Waals surface area contributed by atoms with E-state index in [1.54, 1.807) is 0 Å². The number of alkyl halides is 4. The van der Waals surface area contributed by atoms with Crippen LogP contribution in [0, 0.1) is 0 Å². The largest absolute Gasteiger partial charge is 0.416 e. The van der Waals surface area contributed by atoms with Crippen molar-refractivity contribution in [3.8, 4) is 0 Å². The van der Waals surface area contributed by atoms with E-state index in [9.17, 15) is 22.7 Å². The topological polar surface area (TPSA) is 29.5 Å². The number of hydrogen-bond donors (Lipinski definition) is 1. The minimum atomic E-state index is -4.50. The van der Waals surface area contributed by atoms with E-state index in [1.807, 2.05) is 20.8 Å². The van der Waals surface area contributed by atoms with Gasteiger partial charge in [-0.1, -0.05) is 0 Å². The monoisotopic (exact) mass is 276 g/mol. The van der Waals surface area contributed by atoms with Crippen molar-refractivity contribution < 1.29 is 31.9 Å². The van der Waals surface area contributed by atoms with Crippen molar-refractivity contribution in [2.45, 2.75) is 39.4 Å². The molecule has 18 heavy (non-hydrogen) atoms. The van der Waals surface area contributed by atoms with Crippen molar-refractivity contribution in [2.24, 2.45) is 0 Å². The van der Waals surface area contributed by atoms with Crippen LogP contribution in [-0.2, 0) is 4.74 Å². The molecule has 0 saturated carbocycles. The third-order valence-corrected chi connectivity index (χ3v) is 3.33. The maximum absolute atomic E-state index is 12.5. The summed E-state index contributed by atoms with van der Waals surface area (Å²) in [6.45, 7) is 7.39. The molecule has 3 nitrogen and oxygen atoms in total. The van der Waals surface area contributed by atoms with Crippen LogP contribution < -0.4 is 0 Å². The van der Waals surface area contributed by atoms with E-state index in [2.05, 4.69) is 4.74 Å². The normalized spacial score (nSPS) is 15.2. The van der Waals surface area contributed by atoms with Gasteiger partial charge >= 0.3 is 12.5 Å². The second kappa shape index (κ2) is 7.25. The summed E-state index contributed by atoms with van der Waals surface area (Å²) in [6.07, 6.45) is -9.57. The number of ether oxygens (including phenoxy) is 1. The van der Waals surface area contributed by atoms with Crippen LogP contribution in [0.25, 0.3) is 0 Å². The summed E-state index contributed by atoms with van der Waals surface area (Å²) in [4.78, 5) is 0. The number of hydrogen-bond acceptors (Lipinski definition) is 2. The van der Waals surface area contributed by atoms with E-state index in [0.29, 0.717) is 4.48 Å². The molecule has 0 aliphatic heterocycles. The highest BCUT2D eigenvalue weighted by Crippen LogP contribution is 2.24. The number of nitrogens with zero attached hydrogens (tertiary/aromatic N) is 1. The maximum Gasteiger partial charge on any atom is 0.416 e. The first-order chi connectivity index (χ1) is 8.23. The van der Waals surface area contributed by atoms with Crippen molar-refractivity contribution in [1.29, 1.82) is 0 Å². The lowest BCUT2D eigenvalue weighted by atomic mass is 10.2. The summed E-state index contributed by atoms with van der Waals surface area (Å²) < 4.78 is 53.0. The first-order valence-corrected chi connectivity index (χ1v) is 6.06. The lowest BCUT2D eigenvalue weighted by molar-refractivity contribution is -0.926. The van der Waals surface area contributed by atoms with Crippen LogP contribution in [0.5, 0.6) is 0 Å². The van der Waals surface area contributed by atoms with Crippen LogP contribution in [0.4, 0.5) is 17.6 Å². The van der Waals surface area contributed by atoms with E-state index in [1.165, 1.54) is 0 Å². The SMILES string of the molecule is CC[N+](CC)(CC)CC(O)COC(F)(F)C(F)F. The van der Waals surface area contributed by atoms with Gasteiger partial charge in [0.2, 0.25) is 0 Å². The summed E-state index contributed by atoms with van der Waals surface area (Å²) in [5.41, 5.74) is 0. The first-order valence-electron chi connectivity index (χ1n) is 6.06. The smallest absolute Gasteiger partial charge is 0.385 e. The van der Waals surface area contributed by atoms with Crippen molar-refractivity contribution in [3.63, 3.8) is 0 Å². The molecule has 0 spiro atoms. The molecule has 0 amide bonds. The average Bonchev–Trinajstić information content (AvgIpc) is 2.33. The van der Waals surface area contributed by atoms with Crippen LogP contribution in [0.2, 0.25) is 0 Å². The van der Waals surface area contributed by atoms with E-state index in [0.717, 1.165) is 19.6 Å². The summed E-state index contributed by atoms with van der Waals surface area (Å²) in [5, 5.41) is 9.60. The Labute approximate surface area is 105 Å². The molecule has 0 aromatic rings. The first kappa shape index (κ1) is 17.6. The van der Waals surface area contributed by atoms with Gasteiger partial charge in [0.15, 0.2) is 0 Å². The van der Waals surface area contributed by atoms with Crippen molar-refractivity contribution >= 4 is 0 Å². The van der Waals surface area contributed by atoms with E-state index in [-0.39, 0.29) is 6.54 Å². The Kier molecular flexibility index (Phi) is 7.09. The molecule has 0 rings (SSSR count). The summed E-state index contributed by atoms with van der Waals surface area (Å²) >= 11 is 0. The molecule has 1 atom stereocenters. The predicted octanol–water partition coefficient (Wildman–Crippen LogP) is 2.10. The molecular formula is C11H22F4NO2+. The lowest BCUT2D eigenvalue weighted by Crippen LogP contribution is -2.53. The third kappa shape index (κ3) is 5.07. The fourth-order valence-electron chi connectivity index (χ4n) is 1.83. The standard InChI is InChI=1S/C11H22F4NO2/c1-4-16(5-2,6-3)7-9(17)8-18-11(14,15)10(12)13/h9-10,17H,4-8H2,1-3H3/q+1. The van der Waals surface area contributed by atoms with Gasteiger partial charge in [-0.05, 0) is 20.8 Å². The Balaban J connectivity index is 4.30. The predicted molar refractivity (Wildman–Crippen MR) is 59.7 cm³/mol. The van der Waals surface area contributed by atoms with Crippen LogP contribution in [0.3, 0.4) is 0 Å². The fraction of sp³-hybridized carbons (Fsp3) is 1.00. The zero-order valence-corrected chi connectivity index (χ0v) is 11.0. The van der Waals surface area contributed by atoms with Gasteiger partial charge in [-0.25, -0.2) is 8.78 Å². The maximum atomic E-state index is 12.5. The Bertz CT molecular complexity index is 227. The van der Waals surface area contributed by atoms with Gasteiger partial charge in [-0.3, -0.25) is 0 Å². The van der Waals surface area contributed by atoms with Crippen LogP contribution in [0.15, 0.2) is 0 Å². The summed E-state index contributed by atoms with van der Waals surface area (Å²) in [7, 11) is 0. The van der Waals surface area contributed by atoms with Crippen LogP contribution in [0.1, 0.15) is 20.8 Å². The minimum absolute atomic E-state index is 0.211. The second-order valence-electron chi connectivity index (χ2n) is 4.30. The quantitative estimate of drug-likeness (QED) is 0.516. The molecule has 0 aliphatic carbocycles. The molecule has 0 bridgehead atoms. The number of likely N-dealkylation sites (N-methyl/N-ethyl adjacent to an activating group) is 1. The van der Waals surface area contributed by atoms with Crippen molar-refractivity contribution in [1.82, 2.24) is 0 Å². The number of rotatable bonds is 9. The lowest BCUT2D eigenvalue weighted by Gasteiger charge is -2.37. The van der Waals surface area contributed by atoms with Gasteiger partial charge in [0, 0.05) is 0 Å². The molecule has 1 unspecified atom stereocenters.